The number of ether oxygens (including phenoxy) is 4. The molecule has 5 N–H and O–H groups in total. The van der Waals surface area contributed by atoms with E-state index >= 15 is 0 Å². The van der Waals surface area contributed by atoms with Crippen molar-refractivity contribution >= 4 is 23.4 Å². The molecule has 1 aliphatic heterocycles. The van der Waals surface area contributed by atoms with Crippen LogP contribution in [-0.2, 0) is 25.4 Å². The molecule has 42 heavy (non-hydrogen) atoms. The second-order valence-electron chi connectivity index (χ2n) is 10.7. The maximum atomic E-state index is 13.7. The summed E-state index contributed by atoms with van der Waals surface area (Å²) in [6.07, 6.45) is -6.19. The lowest BCUT2D eigenvalue weighted by molar-refractivity contribution is -0.249. The molecule has 0 aromatic heterocycles. The van der Waals surface area contributed by atoms with Crippen LogP contribution in [0.4, 0.5) is 4.79 Å². The maximum absolute atomic E-state index is 13.7. The molecule has 13 nitrogen and oxygen atoms in total. The molecule has 0 spiro atoms. The largest absolute Gasteiger partial charge is 0.507 e. The van der Waals surface area contributed by atoms with Crippen molar-refractivity contribution in [2.75, 3.05) is 14.2 Å². The van der Waals surface area contributed by atoms with E-state index in [1.165, 1.54) is 25.3 Å². The quantitative estimate of drug-likeness (QED) is 0.270. The fourth-order valence-electron chi connectivity index (χ4n) is 5.98. The molecular formula is C29H31NO12. The van der Waals surface area contributed by atoms with E-state index in [9.17, 15) is 39.6 Å². The monoisotopic (exact) mass is 585 g/mol. The van der Waals surface area contributed by atoms with Crippen LogP contribution in [0, 0.1) is 0 Å². The fraction of sp³-hybridized carbons (Fsp3) is 0.448. The number of carbonyl (C=O) groups is 4. The van der Waals surface area contributed by atoms with E-state index in [1.54, 1.807) is 6.92 Å². The average Bonchev–Trinajstić information content (AvgIpc) is 2.95. The van der Waals surface area contributed by atoms with Gasteiger partial charge in [-0.15, -0.1) is 0 Å². The summed E-state index contributed by atoms with van der Waals surface area (Å²) >= 11 is 0. The highest BCUT2D eigenvalue weighted by Crippen LogP contribution is 2.52. The van der Waals surface area contributed by atoms with E-state index in [2.05, 4.69) is 10.1 Å². The van der Waals surface area contributed by atoms with Crippen LogP contribution in [0.3, 0.4) is 0 Å². The van der Waals surface area contributed by atoms with Gasteiger partial charge >= 0.3 is 6.09 Å². The lowest BCUT2D eigenvalue weighted by Gasteiger charge is -2.42. The van der Waals surface area contributed by atoms with Gasteiger partial charge in [-0.25, -0.2) is 4.79 Å². The van der Waals surface area contributed by atoms with Gasteiger partial charge in [-0.05, 0) is 19.9 Å². The number of benzene rings is 2. The summed E-state index contributed by atoms with van der Waals surface area (Å²) in [4.78, 5) is 51.7. The van der Waals surface area contributed by atoms with E-state index in [4.69, 9.17) is 14.2 Å². The third-order valence-electron chi connectivity index (χ3n) is 8.24. The highest BCUT2D eigenvalue weighted by Gasteiger charge is 2.49. The number of phenols is 2. The molecule has 5 rings (SSSR count). The Bertz CT molecular complexity index is 1500. The third-order valence-corrected chi connectivity index (χ3v) is 8.24. The van der Waals surface area contributed by atoms with E-state index in [1.807, 2.05) is 0 Å². The van der Waals surface area contributed by atoms with Crippen LogP contribution in [-0.4, -0.2) is 88.2 Å². The van der Waals surface area contributed by atoms with Gasteiger partial charge in [-0.3, -0.25) is 14.4 Å². The summed E-state index contributed by atoms with van der Waals surface area (Å²) in [5.74, 6) is -3.41. The summed E-state index contributed by atoms with van der Waals surface area (Å²) in [7, 11) is 2.49. The number of carbonyl (C=O) groups excluding carboxylic acids is 4. The minimum absolute atomic E-state index is 0.0424. The van der Waals surface area contributed by atoms with Gasteiger partial charge in [0.2, 0.25) is 5.78 Å². The first kappa shape index (κ1) is 29.5. The van der Waals surface area contributed by atoms with Crippen molar-refractivity contribution in [2.24, 2.45) is 0 Å². The fourth-order valence-corrected chi connectivity index (χ4v) is 5.98. The van der Waals surface area contributed by atoms with Crippen LogP contribution in [0.25, 0.3) is 0 Å². The molecule has 224 valence electrons. The first-order valence-electron chi connectivity index (χ1n) is 13.3. The van der Waals surface area contributed by atoms with E-state index in [-0.39, 0.29) is 34.4 Å². The van der Waals surface area contributed by atoms with Gasteiger partial charge in [0.1, 0.15) is 29.0 Å². The van der Waals surface area contributed by atoms with Gasteiger partial charge in [-0.1, -0.05) is 12.1 Å². The van der Waals surface area contributed by atoms with E-state index in [0.717, 1.165) is 14.0 Å². The number of amides is 1. The summed E-state index contributed by atoms with van der Waals surface area (Å²) in [6, 6.07) is 3.52. The predicted octanol–water partition coefficient (Wildman–Crippen LogP) is 1.43. The number of rotatable bonds is 5. The zero-order chi connectivity index (χ0) is 30.7. The molecule has 0 bridgehead atoms. The first-order chi connectivity index (χ1) is 19.8. The van der Waals surface area contributed by atoms with Crippen molar-refractivity contribution in [1.29, 1.82) is 0 Å². The number of aliphatic hydroxyl groups is 2. The molecule has 2 aliphatic carbocycles. The number of fused-ring (bicyclic) bond motifs is 3. The Morgan fingerprint density at radius 1 is 1.07 bits per heavy atom. The van der Waals surface area contributed by atoms with Crippen LogP contribution >= 0.6 is 0 Å². The highest BCUT2D eigenvalue weighted by atomic mass is 16.7. The molecule has 1 saturated heterocycles. The van der Waals surface area contributed by atoms with Crippen molar-refractivity contribution < 1.29 is 58.6 Å². The molecule has 6 unspecified atom stereocenters. The highest BCUT2D eigenvalue weighted by molar-refractivity contribution is 6.31. The number of Topliss-reactive ketones (excluding diaryl/α,β-unsaturated/α-hetero) is 1. The van der Waals surface area contributed by atoms with Crippen LogP contribution in [0.1, 0.15) is 75.8 Å². The number of methoxy groups -OCH3 is 2. The van der Waals surface area contributed by atoms with Crippen molar-refractivity contribution in [3.63, 3.8) is 0 Å². The van der Waals surface area contributed by atoms with Crippen molar-refractivity contribution in [3.05, 3.63) is 51.6 Å². The molecule has 3 aliphatic rings. The van der Waals surface area contributed by atoms with Gasteiger partial charge in [0.15, 0.2) is 17.9 Å². The average molecular weight is 586 g/mol. The summed E-state index contributed by atoms with van der Waals surface area (Å²) in [5, 5.41) is 47.3. The van der Waals surface area contributed by atoms with Crippen LogP contribution in [0.2, 0.25) is 0 Å². The summed E-state index contributed by atoms with van der Waals surface area (Å²) in [5.41, 5.74) is -3.36. The standard InChI is InChI=1S/C29H31NO12/c1-11-23(32)15(30-28(37)40-4)8-18(41-11)42-17-10-29(38,12(2)31)9-14-20(17)27(36)22-21(25(14)34)24(33)13-6-5-7-16(39-3)19(13)26(22)35/h5-7,11,15,17-18,23,32,34,36,38H,8-10H2,1-4H3,(H,30,37). The third kappa shape index (κ3) is 4.58. The number of nitrogens with one attached hydrogen (secondary N) is 1. The zero-order valence-corrected chi connectivity index (χ0v) is 23.3. The number of phenolic OH excluding ortho intramolecular Hbond substituents is 2. The second-order valence-corrected chi connectivity index (χ2v) is 10.7. The van der Waals surface area contributed by atoms with E-state index < -0.39 is 95.2 Å². The zero-order valence-electron chi connectivity index (χ0n) is 23.3. The number of hydrogen-bond donors (Lipinski definition) is 5. The Morgan fingerprint density at radius 3 is 2.40 bits per heavy atom. The summed E-state index contributed by atoms with van der Waals surface area (Å²) < 4.78 is 21.8. The second kappa shape index (κ2) is 10.7. The Hall–Kier alpha value is -4.04. The molecule has 1 heterocycles. The molecule has 0 saturated carbocycles. The minimum Gasteiger partial charge on any atom is -0.507 e. The molecule has 6 atom stereocenters. The molecule has 2 aromatic carbocycles. The van der Waals surface area contributed by atoms with Crippen LogP contribution in [0.5, 0.6) is 17.2 Å². The molecule has 1 fully saturated rings. The normalized spacial score (nSPS) is 28.3. The lowest BCUT2D eigenvalue weighted by Crippen LogP contribution is -2.55. The van der Waals surface area contributed by atoms with Crippen LogP contribution < -0.4 is 10.1 Å². The Balaban J connectivity index is 1.62. The molecule has 1 amide bonds. The Kier molecular flexibility index (Phi) is 7.47. The number of aromatic hydroxyl groups is 2. The molecule has 0 radical (unpaired) electrons. The molecule has 13 heteroatoms. The summed E-state index contributed by atoms with van der Waals surface area (Å²) in [6.45, 7) is 2.70. The van der Waals surface area contributed by atoms with Crippen molar-refractivity contribution in [2.45, 2.75) is 69.4 Å². The van der Waals surface area contributed by atoms with Crippen LogP contribution in [0.15, 0.2) is 18.2 Å². The van der Waals surface area contributed by atoms with E-state index in [0.29, 0.717) is 0 Å². The number of ketones is 3. The van der Waals surface area contributed by atoms with Gasteiger partial charge in [0.05, 0.1) is 49.2 Å². The maximum Gasteiger partial charge on any atom is 0.407 e. The van der Waals surface area contributed by atoms with Gasteiger partial charge in [0, 0.05) is 36.0 Å². The topological polar surface area (TPSA) is 198 Å². The number of hydrogen-bond acceptors (Lipinski definition) is 12. The van der Waals surface area contributed by atoms with Crippen molar-refractivity contribution in [3.8, 4) is 17.2 Å². The molecule has 2 aromatic rings. The van der Waals surface area contributed by atoms with Gasteiger partial charge in [-0.2, -0.15) is 0 Å². The first-order valence-corrected chi connectivity index (χ1v) is 13.3. The smallest absolute Gasteiger partial charge is 0.407 e. The lowest BCUT2D eigenvalue weighted by atomic mass is 9.72. The SMILES string of the molecule is COC(=O)NC1CC(OC2CC(O)(C(C)=O)Cc3c(O)c4c(c(O)c32)C(=O)c2c(OC)cccc2C4=O)OC(C)C1O. The predicted molar refractivity (Wildman–Crippen MR) is 142 cm³/mol. The number of aliphatic hydroxyl groups excluding tert-OH is 1. The van der Waals surface area contributed by atoms with Gasteiger partial charge in [0.25, 0.3) is 0 Å². The molecular weight excluding hydrogens is 554 g/mol. The number of alkyl carbamates (subject to hydrolysis) is 1. The Morgan fingerprint density at radius 2 is 1.76 bits per heavy atom. The van der Waals surface area contributed by atoms with Crippen molar-refractivity contribution in [1.82, 2.24) is 5.32 Å². The minimum atomic E-state index is -2.07. The Labute approximate surface area is 240 Å². The van der Waals surface area contributed by atoms with Gasteiger partial charge < -0.3 is 44.7 Å².